The Hall–Kier alpha value is -3.50. The molecule has 3 heterocycles. The second-order valence-electron chi connectivity index (χ2n) is 11.5. The van der Waals surface area contributed by atoms with Crippen LogP contribution in [0.15, 0.2) is 42.7 Å². The van der Waals surface area contributed by atoms with Gasteiger partial charge in [-0.25, -0.2) is 4.98 Å². The first-order chi connectivity index (χ1) is 18.7. The molecule has 3 unspecified atom stereocenters. The number of nitriles is 1. The third-order valence-corrected chi connectivity index (χ3v) is 8.88. The Morgan fingerprint density at radius 1 is 1.16 bits per heavy atom. The molecule has 1 saturated heterocycles. The monoisotopic (exact) mass is 507 g/mol. The molecule has 1 amide bonds. The number of carbonyl (C=O) groups is 1. The maximum Gasteiger partial charge on any atom is 0.226 e. The highest BCUT2D eigenvalue weighted by molar-refractivity contribution is 5.97. The van der Waals surface area contributed by atoms with Crippen LogP contribution in [0, 0.1) is 29.1 Å². The fourth-order valence-electron chi connectivity index (χ4n) is 6.40. The third-order valence-electron chi connectivity index (χ3n) is 8.88. The number of amides is 1. The van der Waals surface area contributed by atoms with Crippen molar-refractivity contribution in [3.05, 3.63) is 54.0 Å². The number of aromatic nitrogens is 2. The van der Waals surface area contributed by atoms with Crippen molar-refractivity contribution in [2.75, 3.05) is 38.3 Å². The van der Waals surface area contributed by atoms with Gasteiger partial charge in [0.15, 0.2) is 0 Å². The molecular formula is C31H33N5O2. The summed E-state index contributed by atoms with van der Waals surface area (Å²) in [5.74, 6) is 2.57. The van der Waals surface area contributed by atoms with Crippen molar-refractivity contribution < 1.29 is 9.53 Å². The number of benzene rings is 1. The number of nitrogens with zero attached hydrogens (tertiary/aromatic N) is 5. The summed E-state index contributed by atoms with van der Waals surface area (Å²) in [5, 5.41) is 12.5. The first-order valence-corrected chi connectivity index (χ1v) is 14.0. The number of hydrogen-bond donors (Lipinski definition) is 0. The molecular weight excluding hydrogens is 474 g/mol. The SMILES string of the molecule is COCC1CC1C(=O)N1CCN(c2nc(C3CC3)c(-c3cccc4cnccc34)cc2C#N)CC1C1CC1. The van der Waals surface area contributed by atoms with Crippen molar-refractivity contribution in [1.82, 2.24) is 14.9 Å². The average molecular weight is 508 g/mol. The van der Waals surface area contributed by atoms with Crippen LogP contribution in [0.25, 0.3) is 21.9 Å². The van der Waals surface area contributed by atoms with Crippen LogP contribution in [0.1, 0.15) is 49.3 Å². The Balaban J connectivity index is 1.22. The van der Waals surface area contributed by atoms with Crippen molar-refractivity contribution in [2.45, 2.75) is 44.1 Å². The average Bonchev–Trinajstić information content (AvgIpc) is 3.81. The molecule has 4 aliphatic rings. The van der Waals surface area contributed by atoms with Gasteiger partial charge in [-0.2, -0.15) is 5.26 Å². The number of rotatable bonds is 7. The molecule has 3 aromatic rings. The second-order valence-corrected chi connectivity index (χ2v) is 11.5. The van der Waals surface area contributed by atoms with Crippen LogP contribution in [0.5, 0.6) is 0 Å². The van der Waals surface area contributed by atoms with Crippen LogP contribution in [-0.2, 0) is 9.53 Å². The highest BCUT2D eigenvalue weighted by Gasteiger charge is 2.49. The van der Waals surface area contributed by atoms with Gasteiger partial charge in [-0.05, 0) is 67.0 Å². The molecule has 0 N–H and O–H groups in total. The highest BCUT2D eigenvalue weighted by Crippen LogP contribution is 2.47. The van der Waals surface area contributed by atoms with Gasteiger partial charge >= 0.3 is 0 Å². The van der Waals surface area contributed by atoms with E-state index in [-0.39, 0.29) is 12.0 Å². The minimum atomic E-state index is 0.118. The van der Waals surface area contributed by atoms with E-state index in [4.69, 9.17) is 9.72 Å². The summed E-state index contributed by atoms with van der Waals surface area (Å²) >= 11 is 0. The van der Waals surface area contributed by atoms with Gasteiger partial charge < -0.3 is 14.5 Å². The van der Waals surface area contributed by atoms with Crippen molar-refractivity contribution in [1.29, 1.82) is 5.26 Å². The molecule has 2 aromatic heterocycles. The summed E-state index contributed by atoms with van der Waals surface area (Å²) in [7, 11) is 1.71. The molecule has 0 spiro atoms. The summed E-state index contributed by atoms with van der Waals surface area (Å²) in [6.07, 6.45) is 9.28. The van der Waals surface area contributed by atoms with E-state index in [1.54, 1.807) is 7.11 Å². The summed E-state index contributed by atoms with van der Waals surface area (Å²) in [6.45, 7) is 2.83. The van der Waals surface area contributed by atoms with Gasteiger partial charge in [-0.15, -0.1) is 0 Å². The number of ether oxygens (including phenoxy) is 1. The zero-order valence-corrected chi connectivity index (χ0v) is 21.8. The zero-order chi connectivity index (χ0) is 25.8. The molecule has 0 radical (unpaired) electrons. The van der Waals surface area contributed by atoms with E-state index < -0.39 is 0 Å². The number of piperazine rings is 1. The Kier molecular flexibility index (Phi) is 5.81. The Labute approximate surface area is 223 Å². The molecule has 4 fully saturated rings. The van der Waals surface area contributed by atoms with Crippen LogP contribution in [0.2, 0.25) is 0 Å². The minimum absolute atomic E-state index is 0.118. The van der Waals surface area contributed by atoms with Crippen molar-refractivity contribution in [3.8, 4) is 17.2 Å². The van der Waals surface area contributed by atoms with Crippen LogP contribution in [0.4, 0.5) is 5.82 Å². The topological polar surface area (TPSA) is 82.3 Å². The van der Waals surface area contributed by atoms with E-state index in [0.29, 0.717) is 48.9 Å². The molecule has 7 rings (SSSR count). The summed E-state index contributed by atoms with van der Waals surface area (Å²) < 4.78 is 5.30. The molecule has 3 saturated carbocycles. The highest BCUT2D eigenvalue weighted by atomic mass is 16.5. The zero-order valence-electron chi connectivity index (χ0n) is 21.8. The number of hydrogen-bond acceptors (Lipinski definition) is 6. The molecule has 1 aliphatic heterocycles. The van der Waals surface area contributed by atoms with Crippen LogP contribution >= 0.6 is 0 Å². The predicted octanol–water partition coefficient (Wildman–Crippen LogP) is 4.76. The Bertz CT molecular complexity index is 1430. The molecule has 3 atom stereocenters. The van der Waals surface area contributed by atoms with E-state index in [1.807, 2.05) is 12.4 Å². The van der Waals surface area contributed by atoms with Crippen molar-refractivity contribution in [2.24, 2.45) is 17.8 Å². The van der Waals surface area contributed by atoms with E-state index in [9.17, 15) is 10.1 Å². The van der Waals surface area contributed by atoms with E-state index in [1.165, 1.54) is 12.8 Å². The molecule has 1 aromatic carbocycles. The summed E-state index contributed by atoms with van der Waals surface area (Å²) in [6, 6.07) is 13.0. The van der Waals surface area contributed by atoms with Crippen molar-refractivity contribution >= 4 is 22.5 Å². The Morgan fingerprint density at radius 3 is 2.79 bits per heavy atom. The fraction of sp³-hybridized carbons (Fsp3) is 0.484. The second kappa shape index (κ2) is 9.36. The Morgan fingerprint density at radius 2 is 2.03 bits per heavy atom. The number of pyridine rings is 2. The van der Waals surface area contributed by atoms with E-state index in [2.05, 4.69) is 51.2 Å². The third kappa shape index (κ3) is 4.21. The fourth-order valence-corrected chi connectivity index (χ4v) is 6.40. The molecule has 0 bridgehead atoms. The van der Waals surface area contributed by atoms with Gasteiger partial charge in [0.05, 0.1) is 17.3 Å². The standard InChI is InChI=1S/C31H33N5O2/c1-38-18-23-14-26(23)31(37)36-12-11-35(17-28(36)19-5-6-19)30-22(15-32)13-27(29(34-30)20-7-8-20)25-4-2-3-21-16-33-10-9-24(21)25/h2-4,9-10,13,16,19-20,23,26,28H,5-8,11-12,14,17-18H2,1H3. The first kappa shape index (κ1) is 23.6. The quantitative estimate of drug-likeness (QED) is 0.459. The lowest BCUT2D eigenvalue weighted by molar-refractivity contribution is -0.136. The minimum Gasteiger partial charge on any atom is -0.384 e. The predicted molar refractivity (Wildman–Crippen MR) is 146 cm³/mol. The molecule has 7 nitrogen and oxygen atoms in total. The van der Waals surface area contributed by atoms with Crippen LogP contribution in [-0.4, -0.2) is 60.2 Å². The summed E-state index contributed by atoms with van der Waals surface area (Å²) in [5.41, 5.74) is 3.90. The maximum absolute atomic E-state index is 13.4. The van der Waals surface area contributed by atoms with Crippen molar-refractivity contribution in [3.63, 3.8) is 0 Å². The lowest BCUT2D eigenvalue weighted by atomic mass is 9.95. The molecule has 38 heavy (non-hydrogen) atoms. The lowest BCUT2D eigenvalue weighted by Gasteiger charge is -2.43. The van der Waals surface area contributed by atoms with Gasteiger partial charge in [0.25, 0.3) is 0 Å². The number of anilines is 1. The van der Waals surface area contributed by atoms with Crippen LogP contribution < -0.4 is 4.90 Å². The maximum atomic E-state index is 13.4. The van der Waals surface area contributed by atoms with Gasteiger partial charge in [-0.1, -0.05) is 18.2 Å². The molecule has 7 heteroatoms. The van der Waals surface area contributed by atoms with E-state index >= 15 is 0 Å². The largest absolute Gasteiger partial charge is 0.384 e. The number of fused-ring (bicyclic) bond motifs is 1. The van der Waals surface area contributed by atoms with Gasteiger partial charge in [0, 0.05) is 68.5 Å². The van der Waals surface area contributed by atoms with Gasteiger partial charge in [0.2, 0.25) is 5.91 Å². The molecule has 3 aliphatic carbocycles. The lowest BCUT2D eigenvalue weighted by Crippen LogP contribution is -2.57. The number of carbonyl (C=O) groups excluding carboxylic acids is 1. The van der Waals surface area contributed by atoms with Crippen LogP contribution in [0.3, 0.4) is 0 Å². The molecule has 194 valence electrons. The van der Waals surface area contributed by atoms with E-state index in [0.717, 1.165) is 59.2 Å². The number of methoxy groups -OCH3 is 1. The summed E-state index contributed by atoms with van der Waals surface area (Å²) in [4.78, 5) is 27.4. The van der Waals surface area contributed by atoms with Gasteiger partial charge in [-0.3, -0.25) is 9.78 Å². The smallest absolute Gasteiger partial charge is 0.226 e. The normalized spacial score (nSPS) is 24.9. The first-order valence-electron chi connectivity index (χ1n) is 14.0. The van der Waals surface area contributed by atoms with Gasteiger partial charge in [0.1, 0.15) is 11.9 Å².